The van der Waals surface area contributed by atoms with Crippen LogP contribution < -0.4 is 19.2 Å². The predicted octanol–water partition coefficient (Wildman–Crippen LogP) is 4.01. The molecule has 0 saturated carbocycles. The van der Waals surface area contributed by atoms with Crippen molar-refractivity contribution in [3.05, 3.63) is 82.9 Å². The molecule has 0 aromatic heterocycles. The van der Waals surface area contributed by atoms with E-state index in [-0.39, 0.29) is 15.6 Å². The average Bonchev–Trinajstić information content (AvgIpc) is 2.83. The standard InChI is InChI=1S/C24H24ClN3O5S/c1-17-4-11-21(12-5-17)34(30,31)28(19-8-13-23(33-3)22(25)14-19)16-24(29)27-26-15-18-6-9-20(32-2)10-7-18/h4-15H,16H2,1-3H3,(H,27,29)/b26-15-. The van der Waals surface area contributed by atoms with Crippen LogP contribution in [0.5, 0.6) is 11.5 Å². The molecule has 0 aliphatic rings. The van der Waals surface area contributed by atoms with Crippen LogP contribution in [0.2, 0.25) is 5.02 Å². The Bertz CT molecular complexity index is 1280. The molecule has 0 fully saturated rings. The van der Waals surface area contributed by atoms with Gasteiger partial charge in [-0.25, -0.2) is 13.8 Å². The van der Waals surface area contributed by atoms with Crippen LogP contribution in [0.1, 0.15) is 11.1 Å². The van der Waals surface area contributed by atoms with E-state index in [4.69, 9.17) is 21.1 Å². The third-order valence-electron chi connectivity index (χ3n) is 4.84. The second-order valence-electron chi connectivity index (χ2n) is 7.21. The minimum Gasteiger partial charge on any atom is -0.497 e. The van der Waals surface area contributed by atoms with Gasteiger partial charge in [0.1, 0.15) is 18.0 Å². The second-order valence-corrected chi connectivity index (χ2v) is 9.48. The number of nitrogens with zero attached hydrogens (tertiary/aromatic N) is 2. The zero-order chi connectivity index (χ0) is 24.7. The van der Waals surface area contributed by atoms with Gasteiger partial charge >= 0.3 is 0 Å². The first kappa shape index (κ1) is 25.1. The molecule has 10 heteroatoms. The molecule has 0 aliphatic heterocycles. The molecule has 0 radical (unpaired) electrons. The van der Waals surface area contributed by atoms with Crippen molar-refractivity contribution >= 4 is 39.4 Å². The van der Waals surface area contributed by atoms with Gasteiger partial charge in [0.05, 0.1) is 36.0 Å². The second kappa shape index (κ2) is 11.0. The van der Waals surface area contributed by atoms with E-state index in [0.717, 1.165) is 15.4 Å². The first-order chi connectivity index (χ1) is 16.2. The molecule has 3 rings (SSSR count). The van der Waals surface area contributed by atoms with Crippen LogP contribution in [0, 0.1) is 6.92 Å². The van der Waals surface area contributed by atoms with Crippen LogP contribution in [0.25, 0.3) is 0 Å². The summed E-state index contributed by atoms with van der Waals surface area (Å²) in [6, 6.07) is 17.9. The molecule has 0 unspecified atom stereocenters. The van der Waals surface area contributed by atoms with Crippen molar-refractivity contribution in [2.45, 2.75) is 11.8 Å². The minimum atomic E-state index is -4.08. The fraction of sp³-hybridized carbons (Fsp3) is 0.167. The molecule has 8 nitrogen and oxygen atoms in total. The number of carbonyl (C=O) groups is 1. The number of nitrogens with one attached hydrogen (secondary N) is 1. The summed E-state index contributed by atoms with van der Waals surface area (Å²) in [5, 5.41) is 4.13. The highest BCUT2D eigenvalue weighted by Crippen LogP contribution is 2.32. The van der Waals surface area contributed by atoms with E-state index in [1.807, 2.05) is 6.92 Å². The number of hydrogen-bond donors (Lipinski definition) is 1. The number of hydrogen-bond acceptors (Lipinski definition) is 6. The number of methoxy groups -OCH3 is 2. The predicted molar refractivity (Wildman–Crippen MR) is 132 cm³/mol. The highest BCUT2D eigenvalue weighted by Gasteiger charge is 2.27. The van der Waals surface area contributed by atoms with Gasteiger partial charge in [-0.2, -0.15) is 5.10 Å². The Kier molecular flexibility index (Phi) is 8.14. The topological polar surface area (TPSA) is 97.3 Å². The number of benzene rings is 3. The molecule has 0 heterocycles. The summed E-state index contributed by atoms with van der Waals surface area (Å²) in [6.45, 7) is 1.34. The molecule has 34 heavy (non-hydrogen) atoms. The number of ether oxygens (including phenoxy) is 2. The molecule has 0 saturated heterocycles. The highest BCUT2D eigenvalue weighted by molar-refractivity contribution is 7.92. The van der Waals surface area contributed by atoms with Crippen LogP contribution in [0.15, 0.2) is 76.7 Å². The van der Waals surface area contributed by atoms with Crippen LogP contribution in [-0.4, -0.2) is 41.3 Å². The van der Waals surface area contributed by atoms with E-state index in [9.17, 15) is 13.2 Å². The van der Waals surface area contributed by atoms with Gasteiger partial charge in [-0.15, -0.1) is 0 Å². The van der Waals surface area contributed by atoms with Crippen molar-refractivity contribution in [1.82, 2.24) is 5.43 Å². The first-order valence-electron chi connectivity index (χ1n) is 10.1. The largest absolute Gasteiger partial charge is 0.497 e. The van der Waals surface area contributed by atoms with Crippen LogP contribution >= 0.6 is 11.6 Å². The summed E-state index contributed by atoms with van der Waals surface area (Å²) in [6.07, 6.45) is 1.44. The summed E-state index contributed by atoms with van der Waals surface area (Å²) >= 11 is 6.22. The average molecular weight is 502 g/mol. The third-order valence-corrected chi connectivity index (χ3v) is 6.92. The minimum absolute atomic E-state index is 0.0413. The number of aryl methyl sites for hydroxylation is 1. The van der Waals surface area contributed by atoms with Gasteiger partial charge in [-0.05, 0) is 67.1 Å². The summed E-state index contributed by atoms with van der Waals surface area (Å²) in [5.41, 5.74) is 4.21. The Morgan fingerprint density at radius 1 is 1.03 bits per heavy atom. The SMILES string of the molecule is COc1ccc(/C=N\NC(=O)CN(c2ccc(OC)c(Cl)c2)S(=O)(=O)c2ccc(C)cc2)cc1. The van der Waals surface area contributed by atoms with Crippen molar-refractivity contribution < 1.29 is 22.7 Å². The first-order valence-corrected chi connectivity index (χ1v) is 12.0. The number of carbonyl (C=O) groups excluding carboxylic acids is 1. The van der Waals surface area contributed by atoms with E-state index >= 15 is 0 Å². The van der Waals surface area contributed by atoms with E-state index in [2.05, 4.69) is 10.5 Å². The molecular weight excluding hydrogens is 478 g/mol. The van der Waals surface area contributed by atoms with Gasteiger partial charge in [-0.3, -0.25) is 9.10 Å². The number of amides is 1. The molecule has 1 amide bonds. The van der Waals surface area contributed by atoms with E-state index in [1.54, 1.807) is 43.5 Å². The van der Waals surface area contributed by atoms with E-state index in [1.165, 1.54) is 43.7 Å². The molecule has 0 spiro atoms. The molecular formula is C24H24ClN3O5S. The van der Waals surface area contributed by atoms with Gasteiger partial charge in [0.15, 0.2) is 0 Å². The monoisotopic (exact) mass is 501 g/mol. The number of sulfonamides is 1. The van der Waals surface area contributed by atoms with Crippen LogP contribution in [0.4, 0.5) is 5.69 Å². The van der Waals surface area contributed by atoms with Gasteiger partial charge < -0.3 is 9.47 Å². The Hall–Kier alpha value is -3.56. The Morgan fingerprint density at radius 3 is 2.29 bits per heavy atom. The lowest BCUT2D eigenvalue weighted by atomic mass is 10.2. The van der Waals surface area contributed by atoms with Gasteiger partial charge in [0, 0.05) is 0 Å². The summed E-state index contributed by atoms with van der Waals surface area (Å²) in [5.74, 6) is 0.440. The molecule has 178 valence electrons. The Labute approximate surface area is 203 Å². The molecule has 0 atom stereocenters. The molecule has 3 aromatic rings. The fourth-order valence-electron chi connectivity index (χ4n) is 3.00. The maximum absolute atomic E-state index is 13.4. The normalized spacial score (nSPS) is 11.3. The third kappa shape index (κ3) is 6.06. The lowest BCUT2D eigenvalue weighted by Gasteiger charge is -2.24. The van der Waals surface area contributed by atoms with E-state index in [0.29, 0.717) is 11.5 Å². The summed E-state index contributed by atoms with van der Waals surface area (Å²) in [7, 11) is -1.06. The van der Waals surface area contributed by atoms with Crippen molar-refractivity contribution in [3.8, 4) is 11.5 Å². The van der Waals surface area contributed by atoms with Crippen molar-refractivity contribution in [1.29, 1.82) is 0 Å². The van der Waals surface area contributed by atoms with Crippen molar-refractivity contribution in [2.24, 2.45) is 5.10 Å². The number of halogens is 1. The smallest absolute Gasteiger partial charge is 0.264 e. The zero-order valence-electron chi connectivity index (χ0n) is 18.9. The maximum atomic E-state index is 13.4. The molecule has 1 N–H and O–H groups in total. The lowest BCUT2D eigenvalue weighted by molar-refractivity contribution is -0.119. The number of rotatable bonds is 9. The van der Waals surface area contributed by atoms with Crippen molar-refractivity contribution in [2.75, 3.05) is 25.1 Å². The number of hydrazone groups is 1. The Balaban J connectivity index is 1.85. The van der Waals surface area contributed by atoms with Crippen molar-refractivity contribution in [3.63, 3.8) is 0 Å². The highest BCUT2D eigenvalue weighted by atomic mass is 35.5. The zero-order valence-corrected chi connectivity index (χ0v) is 20.4. The lowest BCUT2D eigenvalue weighted by Crippen LogP contribution is -2.39. The van der Waals surface area contributed by atoms with Gasteiger partial charge in [0.25, 0.3) is 15.9 Å². The summed E-state index contributed by atoms with van der Waals surface area (Å²) < 4.78 is 38.1. The quantitative estimate of drug-likeness (QED) is 0.353. The fourth-order valence-corrected chi connectivity index (χ4v) is 4.66. The molecule has 0 aliphatic carbocycles. The van der Waals surface area contributed by atoms with E-state index < -0.39 is 22.5 Å². The Morgan fingerprint density at radius 2 is 1.71 bits per heavy atom. The molecule has 3 aromatic carbocycles. The molecule has 0 bridgehead atoms. The van der Waals surface area contributed by atoms with Gasteiger partial charge in [0.2, 0.25) is 0 Å². The number of anilines is 1. The van der Waals surface area contributed by atoms with Gasteiger partial charge in [-0.1, -0.05) is 29.3 Å². The summed E-state index contributed by atoms with van der Waals surface area (Å²) in [4.78, 5) is 12.7. The van der Waals surface area contributed by atoms with Crippen LogP contribution in [-0.2, 0) is 14.8 Å². The maximum Gasteiger partial charge on any atom is 0.264 e. The van der Waals surface area contributed by atoms with Crippen LogP contribution in [0.3, 0.4) is 0 Å².